The normalized spacial score (nSPS) is 7.41. The van der Waals surface area contributed by atoms with Gasteiger partial charge in [0, 0.05) is 0 Å². The van der Waals surface area contributed by atoms with E-state index in [9.17, 15) is 10.2 Å². The molecule has 93 valence electrons. The van der Waals surface area contributed by atoms with Crippen LogP contribution in [-0.2, 0) is 16.5 Å². The van der Waals surface area contributed by atoms with Gasteiger partial charge in [-0.3, -0.25) is 0 Å². The van der Waals surface area contributed by atoms with Crippen LogP contribution in [0.1, 0.15) is 0 Å². The Bertz CT molecular complexity index is 320. The third-order valence-corrected chi connectivity index (χ3v) is 1.49. The van der Waals surface area contributed by atoms with Gasteiger partial charge in [0.2, 0.25) is 0 Å². The van der Waals surface area contributed by atoms with E-state index in [1.54, 1.807) is 24.3 Å². The summed E-state index contributed by atoms with van der Waals surface area (Å²) in [4.78, 5) is 0. The molecule has 0 amide bonds. The van der Waals surface area contributed by atoms with Gasteiger partial charge in [-0.05, 0) is 0 Å². The summed E-state index contributed by atoms with van der Waals surface area (Å²) in [6, 6.07) is 16.7. The van der Waals surface area contributed by atoms with Crippen LogP contribution >= 0.6 is 0 Å². The molecule has 0 aliphatic rings. The monoisotopic (exact) mass is 275 g/mol. The fourth-order valence-electron chi connectivity index (χ4n) is 0.841. The molecular formula is C12H13N2NiO2. The zero-order chi connectivity index (χ0) is 12.2. The summed E-state index contributed by atoms with van der Waals surface area (Å²) in [6.45, 7) is 0. The van der Waals surface area contributed by atoms with E-state index in [0.29, 0.717) is 0 Å². The van der Waals surface area contributed by atoms with Crippen molar-refractivity contribution < 1.29 is 26.7 Å². The van der Waals surface area contributed by atoms with Crippen molar-refractivity contribution in [1.82, 2.24) is 0 Å². The van der Waals surface area contributed by atoms with Crippen LogP contribution in [0.4, 0.5) is 0 Å². The molecule has 0 fully saturated rings. The minimum absolute atomic E-state index is 0. The molecule has 0 saturated carbocycles. The van der Waals surface area contributed by atoms with Gasteiger partial charge in [0.05, 0.1) is 0 Å². The van der Waals surface area contributed by atoms with Crippen LogP contribution in [0.2, 0.25) is 0 Å². The van der Waals surface area contributed by atoms with Crippen molar-refractivity contribution in [3.8, 4) is 11.5 Å². The van der Waals surface area contributed by atoms with Gasteiger partial charge in [-0.25, -0.2) is 0 Å². The summed E-state index contributed by atoms with van der Waals surface area (Å²) in [5.74, 6) is 9.14. The van der Waals surface area contributed by atoms with Crippen molar-refractivity contribution in [2.45, 2.75) is 0 Å². The zero-order valence-electron chi connectivity index (χ0n) is 8.98. The Morgan fingerprint density at radius 3 is 1.00 bits per heavy atom. The number of hydrogen-bond donors (Lipinski definition) is 1. The quantitative estimate of drug-likeness (QED) is 0.447. The summed E-state index contributed by atoms with van der Waals surface area (Å²) in [5.41, 5.74) is 0. The number of rotatable bonds is 0. The van der Waals surface area contributed by atoms with Crippen LogP contribution in [0.25, 0.3) is 5.84 Å². The van der Waals surface area contributed by atoms with E-state index in [-0.39, 0.29) is 28.0 Å². The predicted octanol–water partition coefficient (Wildman–Crippen LogP) is 1.43. The van der Waals surface area contributed by atoms with Crippen LogP contribution in [-0.4, -0.2) is 0 Å². The van der Waals surface area contributed by atoms with Crippen molar-refractivity contribution >= 4 is 0 Å². The Morgan fingerprint density at radius 1 is 0.647 bits per heavy atom. The van der Waals surface area contributed by atoms with Crippen molar-refractivity contribution in [1.29, 1.82) is 0 Å². The summed E-state index contributed by atoms with van der Waals surface area (Å²) < 4.78 is 0. The molecule has 1 radical (unpaired) electrons. The number of nitrogens with two attached hydrogens (primary N) is 1. The van der Waals surface area contributed by atoms with E-state index in [0.717, 1.165) is 0 Å². The molecule has 0 unspecified atom stereocenters. The summed E-state index contributed by atoms with van der Waals surface area (Å²) in [7, 11) is 0. The van der Waals surface area contributed by atoms with E-state index in [1.165, 1.54) is 24.3 Å². The van der Waals surface area contributed by atoms with E-state index in [4.69, 9.17) is 5.84 Å². The molecule has 0 aromatic heterocycles. The van der Waals surface area contributed by atoms with Crippen LogP contribution < -0.4 is 16.1 Å². The van der Waals surface area contributed by atoms with Crippen molar-refractivity contribution in [2.75, 3.05) is 0 Å². The Labute approximate surface area is 111 Å². The maximum Gasteiger partial charge on any atom is 3.00 e. The number of hydrogen-bond acceptors (Lipinski definition) is 3. The predicted molar refractivity (Wildman–Crippen MR) is 60.3 cm³/mol. The van der Waals surface area contributed by atoms with E-state index in [1.807, 2.05) is 12.1 Å². The first kappa shape index (κ1) is 17.8. The first-order chi connectivity index (χ1) is 7.79. The molecule has 5 heteroatoms. The second-order valence-electron chi connectivity index (χ2n) is 2.63. The fourth-order valence-corrected chi connectivity index (χ4v) is 0.841. The van der Waals surface area contributed by atoms with Gasteiger partial charge in [0.25, 0.3) is 0 Å². The van der Waals surface area contributed by atoms with Crippen molar-refractivity contribution in [3.05, 3.63) is 66.5 Å². The third kappa shape index (κ3) is 10.7. The minimum atomic E-state index is 0. The van der Waals surface area contributed by atoms with Gasteiger partial charge in [0.1, 0.15) is 0 Å². The molecule has 4 nitrogen and oxygen atoms in total. The molecule has 2 rings (SSSR count). The molecule has 0 bridgehead atoms. The molecule has 2 aromatic rings. The third-order valence-electron chi connectivity index (χ3n) is 1.49. The number of nitrogens with one attached hydrogen (secondary N) is 1. The van der Waals surface area contributed by atoms with E-state index < -0.39 is 0 Å². The summed E-state index contributed by atoms with van der Waals surface area (Å²) >= 11 is 0. The SMILES string of the molecule is [NH-]N.[Ni+3].[O-]c1ccccc1.[O-]c1ccccc1. The van der Waals surface area contributed by atoms with Gasteiger partial charge >= 0.3 is 16.5 Å². The molecule has 0 aliphatic heterocycles. The van der Waals surface area contributed by atoms with Crippen LogP contribution in [0.15, 0.2) is 60.7 Å². The average Bonchev–Trinajstić information content (AvgIpc) is 2.34. The molecule has 17 heavy (non-hydrogen) atoms. The molecule has 0 saturated heterocycles. The number of benzene rings is 2. The molecule has 0 aliphatic carbocycles. The topological polar surface area (TPSA) is 95.9 Å². The second-order valence-corrected chi connectivity index (χ2v) is 2.63. The van der Waals surface area contributed by atoms with Gasteiger partial charge in [-0.2, -0.15) is 0 Å². The summed E-state index contributed by atoms with van der Waals surface area (Å²) in [6.07, 6.45) is 0. The maximum atomic E-state index is 10.3. The van der Waals surface area contributed by atoms with E-state index >= 15 is 0 Å². The van der Waals surface area contributed by atoms with Gasteiger partial charge in [-0.15, -0.1) is 11.5 Å². The first-order valence-electron chi connectivity index (χ1n) is 4.52. The fraction of sp³-hybridized carbons (Fsp3) is 0. The Morgan fingerprint density at radius 2 is 0.882 bits per heavy atom. The Kier molecular flexibility index (Phi) is 13.1. The van der Waals surface area contributed by atoms with Crippen LogP contribution in [0, 0.1) is 0 Å². The van der Waals surface area contributed by atoms with Gasteiger partial charge in [0.15, 0.2) is 0 Å². The first-order valence-corrected chi connectivity index (χ1v) is 4.52. The maximum absolute atomic E-state index is 10.3. The Balaban J connectivity index is 0. The largest absolute Gasteiger partial charge is 3.00 e. The molecule has 0 atom stereocenters. The second kappa shape index (κ2) is 12.5. The summed E-state index contributed by atoms with van der Waals surface area (Å²) in [5, 5.41) is 20.5. The standard InChI is InChI=1S/2C6H6O.H3N2.Ni/c2*7-6-4-2-1-3-5-6;1-2;/h2*1-5,7H;1H,2H2;/q;;-1;+3/p-2. The van der Waals surface area contributed by atoms with Crippen molar-refractivity contribution in [3.63, 3.8) is 0 Å². The Hall–Kier alpha value is -1.55. The number of para-hydroxylation sites is 2. The van der Waals surface area contributed by atoms with Crippen molar-refractivity contribution in [2.24, 2.45) is 5.84 Å². The zero-order valence-corrected chi connectivity index (χ0v) is 9.97. The van der Waals surface area contributed by atoms with Gasteiger partial charge < -0.3 is 21.9 Å². The smallest absolute Gasteiger partial charge is 0.872 e. The van der Waals surface area contributed by atoms with Crippen LogP contribution in [0.5, 0.6) is 11.5 Å². The molecule has 3 N–H and O–H groups in total. The molecule has 0 heterocycles. The average molecular weight is 276 g/mol. The van der Waals surface area contributed by atoms with Gasteiger partial charge in [-0.1, -0.05) is 60.7 Å². The van der Waals surface area contributed by atoms with E-state index in [2.05, 4.69) is 5.84 Å². The molecule has 0 spiro atoms. The van der Waals surface area contributed by atoms with Crippen LogP contribution in [0.3, 0.4) is 0 Å². The molecular weight excluding hydrogens is 263 g/mol. The minimum Gasteiger partial charge on any atom is -0.872 e. The molecule has 2 aromatic carbocycles.